The molecule has 0 saturated carbocycles. The lowest BCUT2D eigenvalue weighted by molar-refractivity contribution is -0.500. The molecule has 0 fully saturated rings. The molecule has 6 N–H and O–H groups in total. The predicted molar refractivity (Wildman–Crippen MR) is 142 cm³/mol. The fraction of sp³-hybridized carbons (Fsp3) is 0. The molecule has 3 rings (SSSR count). The maximum absolute atomic E-state index is 9.96. The zero-order valence-corrected chi connectivity index (χ0v) is 22.0. The van der Waals surface area contributed by atoms with E-state index in [4.69, 9.17) is 0 Å². The van der Waals surface area contributed by atoms with Crippen LogP contribution in [0.5, 0.6) is 17.2 Å². The van der Waals surface area contributed by atoms with Crippen molar-refractivity contribution in [3.8, 4) is 17.2 Å². The van der Waals surface area contributed by atoms with Gasteiger partial charge in [-0.1, -0.05) is 47.8 Å². The van der Waals surface area contributed by atoms with Crippen LogP contribution in [0.2, 0.25) is 0 Å². The first kappa shape index (κ1) is 25.4. The second-order valence-corrected chi connectivity index (χ2v) is 9.33. The van der Waals surface area contributed by atoms with Crippen LogP contribution >= 0.6 is 47.8 Å². The summed E-state index contributed by atoms with van der Waals surface area (Å²) in [4.78, 5) is 0. The summed E-state index contributed by atoms with van der Waals surface area (Å²) in [5.74, 6) is 0.266. The lowest BCUT2D eigenvalue weighted by Gasteiger charge is -2.02. The topological polar surface area (TPSA) is 136 Å². The molecule has 0 aliphatic heterocycles. The molecule has 9 nitrogen and oxygen atoms in total. The molecule has 0 unspecified atom stereocenters. The first-order valence-electron chi connectivity index (χ1n) is 9.52. The van der Waals surface area contributed by atoms with Gasteiger partial charge in [-0.15, -0.1) is 15.6 Å². The standard InChI is InChI=1S/C22H17Br3N6O3/c23-16-1-4-19(32)13(7-16)10-26-29-22(30-27-11-14-8-17(24)2-5-20(14)33)31-28-12-15-9-18(25)3-6-21(15)34/h1-12,32-34H,(H2,29,30,31)/p+1. The van der Waals surface area contributed by atoms with Gasteiger partial charge in [0.05, 0.1) is 18.0 Å². The molecule has 0 aliphatic carbocycles. The third-order valence-electron chi connectivity index (χ3n) is 4.12. The van der Waals surface area contributed by atoms with Crippen LogP contribution in [0.15, 0.2) is 83.3 Å². The predicted octanol–water partition coefficient (Wildman–Crippen LogP) is 3.11. The van der Waals surface area contributed by atoms with Crippen molar-refractivity contribution in [3.63, 3.8) is 0 Å². The van der Waals surface area contributed by atoms with Gasteiger partial charge in [-0.2, -0.15) is 10.2 Å². The second kappa shape index (κ2) is 12.3. The highest BCUT2D eigenvalue weighted by Crippen LogP contribution is 2.21. The molecule has 0 atom stereocenters. The minimum absolute atomic E-state index is 0.0457. The van der Waals surface area contributed by atoms with Crippen molar-refractivity contribution in [2.45, 2.75) is 0 Å². The lowest BCUT2D eigenvalue weighted by atomic mass is 10.2. The summed E-state index contributed by atoms with van der Waals surface area (Å²) >= 11 is 10.0. The van der Waals surface area contributed by atoms with E-state index in [0.29, 0.717) is 16.7 Å². The number of aromatic hydroxyl groups is 3. The Bertz CT molecular complexity index is 1230. The SMILES string of the molecule is Oc1ccc(Br)cc1C=NN=C(NN=Cc1cc(Br)ccc1O)N[NH+]=Cc1cc(Br)ccc1O. The van der Waals surface area contributed by atoms with E-state index in [1.807, 2.05) is 0 Å². The molecule has 0 aliphatic rings. The monoisotopic (exact) mass is 651 g/mol. The minimum Gasteiger partial charge on any atom is -0.507 e. The summed E-state index contributed by atoms with van der Waals surface area (Å²) in [6.07, 6.45) is 4.30. The van der Waals surface area contributed by atoms with E-state index in [-0.39, 0.29) is 23.2 Å². The number of hydrazine groups is 1. The summed E-state index contributed by atoms with van der Waals surface area (Å²) < 4.78 is 2.35. The molecule has 0 heterocycles. The summed E-state index contributed by atoms with van der Waals surface area (Å²) in [6.45, 7) is 0. The molecule has 3 aromatic rings. The van der Waals surface area contributed by atoms with E-state index >= 15 is 0 Å². The summed E-state index contributed by atoms with van der Waals surface area (Å²) in [7, 11) is 0. The number of halogens is 3. The highest BCUT2D eigenvalue weighted by Gasteiger charge is 2.04. The summed E-state index contributed by atoms with van der Waals surface area (Å²) in [6, 6.07) is 14.8. The van der Waals surface area contributed by atoms with Gasteiger partial charge in [-0.05, 0) is 54.6 Å². The van der Waals surface area contributed by atoms with Gasteiger partial charge < -0.3 is 15.3 Å². The fourth-order valence-electron chi connectivity index (χ4n) is 2.47. The molecule has 174 valence electrons. The zero-order chi connectivity index (χ0) is 24.5. The quantitative estimate of drug-likeness (QED) is 0.138. The van der Waals surface area contributed by atoms with Crippen molar-refractivity contribution in [3.05, 3.63) is 84.7 Å². The first-order valence-corrected chi connectivity index (χ1v) is 11.9. The third kappa shape index (κ3) is 7.68. The molecule has 3 aromatic carbocycles. The first-order chi connectivity index (χ1) is 16.3. The Morgan fingerprint density at radius 2 is 1.24 bits per heavy atom. The van der Waals surface area contributed by atoms with Gasteiger partial charge in [0.25, 0.3) is 5.96 Å². The van der Waals surface area contributed by atoms with Gasteiger partial charge in [0.2, 0.25) is 6.21 Å². The highest BCUT2D eigenvalue weighted by molar-refractivity contribution is 9.11. The Morgan fingerprint density at radius 1 is 0.735 bits per heavy atom. The van der Waals surface area contributed by atoms with Crippen LogP contribution in [0.25, 0.3) is 0 Å². The maximum Gasteiger partial charge on any atom is 0.291 e. The van der Waals surface area contributed by atoms with E-state index in [2.05, 4.69) is 79.0 Å². The van der Waals surface area contributed by atoms with E-state index in [1.54, 1.807) is 42.5 Å². The van der Waals surface area contributed by atoms with Crippen molar-refractivity contribution in [1.82, 2.24) is 10.9 Å². The average molecular weight is 654 g/mol. The van der Waals surface area contributed by atoms with Gasteiger partial charge in [0, 0.05) is 24.5 Å². The van der Waals surface area contributed by atoms with E-state index in [9.17, 15) is 15.3 Å². The average Bonchev–Trinajstić information content (AvgIpc) is 2.80. The number of nitrogens with one attached hydrogen (secondary N) is 3. The molecular weight excluding hydrogens is 636 g/mol. The number of guanidine groups is 1. The number of phenolic OH excluding ortho intramolecular Hbond substituents is 3. The molecule has 12 heteroatoms. The Balaban J connectivity index is 1.80. The highest BCUT2D eigenvalue weighted by atomic mass is 79.9. The van der Waals surface area contributed by atoms with Crippen molar-refractivity contribution in [2.24, 2.45) is 15.3 Å². The van der Waals surface area contributed by atoms with E-state index in [1.165, 1.54) is 30.8 Å². The Hall–Kier alpha value is -3.22. The van der Waals surface area contributed by atoms with Crippen molar-refractivity contribution in [1.29, 1.82) is 0 Å². The summed E-state index contributed by atoms with van der Waals surface area (Å²) in [5, 5.41) is 44.7. The van der Waals surface area contributed by atoms with E-state index < -0.39 is 0 Å². The van der Waals surface area contributed by atoms with Crippen LogP contribution < -0.4 is 16.0 Å². The number of phenols is 3. The number of nitrogens with zero attached hydrogens (tertiary/aromatic N) is 3. The van der Waals surface area contributed by atoms with Gasteiger partial charge in [0.15, 0.2) is 0 Å². The van der Waals surface area contributed by atoms with Gasteiger partial charge in [-0.3, -0.25) is 0 Å². The molecule has 34 heavy (non-hydrogen) atoms. The number of hydrazone groups is 2. The van der Waals surface area contributed by atoms with Gasteiger partial charge in [0.1, 0.15) is 17.2 Å². The molecule has 0 saturated heterocycles. The number of hydrogen-bond donors (Lipinski definition) is 6. The lowest BCUT2D eigenvalue weighted by Crippen LogP contribution is -2.82. The molecule has 0 spiro atoms. The molecule has 0 radical (unpaired) electrons. The Kier molecular flexibility index (Phi) is 9.19. The molecule has 0 amide bonds. The van der Waals surface area contributed by atoms with Crippen LogP contribution in [0, 0.1) is 0 Å². The third-order valence-corrected chi connectivity index (χ3v) is 5.60. The van der Waals surface area contributed by atoms with Crippen molar-refractivity contribution >= 4 is 72.4 Å². The molecule has 0 aromatic heterocycles. The van der Waals surface area contributed by atoms with Crippen LogP contribution in [-0.4, -0.2) is 39.9 Å². The van der Waals surface area contributed by atoms with Crippen molar-refractivity contribution in [2.75, 3.05) is 0 Å². The summed E-state index contributed by atoms with van der Waals surface area (Å²) in [5.41, 5.74) is 6.91. The zero-order valence-electron chi connectivity index (χ0n) is 17.2. The van der Waals surface area contributed by atoms with Crippen LogP contribution in [0.1, 0.15) is 16.7 Å². The Morgan fingerprint density at radius 3 is 1.82 bits per heavy atom. The van der Waals surface area contributed by atoms with Gasteiger partial charge >= 0.3 is 0 Å². The largest absolute Gasteiger partial charge is 0.507 e. The van der Waals surface area contributed by atoms with E-state index in [0.717, 1.165) is 13.4 Å². The fourth-order valence-corrected chi connectivity index (χ4v) is 3.60. The van der Waals surface area contributed by atoms with Gasteiger partial charge in [-0.25, -0.2) is 5.43 Å². The number of rotatable bonds is 6. The van der Waals surface area contributed by atoms with Crippen LogP contribution in [0.4, 0.5) is 0 Å². The maximum atomic E-state index is 9.96. The smallest absolute Gasteiger partial charge is 0.291 e. The second-order valence-electron chi connectivity index (χ2n) is 6.59. The van der Waals surface area contributed by atoms with Crippen LogP contribution in [-0.2, 0) is 0 Å². The normalized spacial score (nSPS) is 12.1. The van der Waals surface area contributed by atoms with Crippen LogP contribution in [0.3, 0.4) is 0 Å². The Labute approximate surface area is 220 Å². The van der Waals surface area contributed by atoms with Crippen molar-refractivity contribution < 1.29 is 20.4 Å². The molecule has 0 bridgehead atoms. The minimum atomic E-state index is 0.0457. The number of benzene rings is 3. The number of hydrogen-bond acceptors (Lipinski definition) is 6. The molecular formula is C22H18Br3N6O3+.